The predicted octanol–water partition coefficient (Wildman–Crippen LogP) is 4.06. The number of aryl methyl sites for hydroxylation is 1. The molecule has 3 rings (SSSR count). The fraction of sp³-hybridized carbons (Fsp3) is 0.211. The van der Waals surface area contributed by atoms with E-state index in [0.29, 0.717) is 12.1 Å². The topological polar surface area (TPSA) is 33.2 Å². The molecule has 2 aromatic carbocycles. The minimum atomic E-state index is -0.974. The van der Waals surface area contributed by atoms with E-state index in [1.54, 1.807) is 12.3 Å². The molecule has 3 nitrogen and oxygen atoms in total. The van der Waals surface area contributed by atoms with E-state index < -0.39 is 10.8 Å². The summed E-state index contributed by atoms with van der Waals surface area (Å²) < 4.78 is 25.5. The summed E-state index contributed by atoms with van der Waals surface area (Å²) in [4.78, 5) is 7.21. The highest BCUT2D eigenvalue weighted by Gasteiger charge is 2.12. The molecule has 1 unspecified atom stereocenters. The van der Waals surface area contributed by atoms with Crippen LogP contribution in [0.25, 0.3) is 10.9 Å². The SMILES string of the molecule is Cc1cc(N(C)Cc2ccc(S(C)=O)cc2)c2cccc(F)c2n1. The molecule has 124 valence electrons. The Morgan fingerprint density at radius 1 is 1.17 bits per heavy atom. The molecule has 0 radical (unpaired) electrons. The van der Waals surface area contributed by atoms with Crippen molar-refractivity contribution in [1.29, 1.82) is 0 Å². The van der Waals surface area contributed by atoms with Crippen LogP contribution in [0.2, 0.25) is 0 Å². The van der Waals surface area contributed by atoms with Crippen LogP contribution in [0, 0.1) is 12.7 Å². The molecular formula is C19H19FN2OS. The fourth-order valence-electron chi connectivity index (χ4n) is 2.78. The van der Waals surface area contributed by atoms with Crippen LogP contribution >= 0.6 is 0 Å². The van der Waals surface area contributed by atoms with E-state index >= 15 is 0 Å². The molecule has 1 aromatic heterocycles. The maximum Gasteiger partial charge on any atom is 0.149 e. The molecule has 5 heteroatoms. The fourth-order valence-corrected chi connectivity index (χ4v) is 3.30. The van der Waals surface area contributed by atoms with Crippen LogP contribution in [-0.4, -0.2) is 22.5 Å². The number of hydrogen-bond donors (Lipinski definition) is 0. The van der Waals surface area contributed by atoms with Crippen LogP contribution in [0.4, 0.5) is 10.1 Å². The normalized spacial score (nSPS) is 12.3. The van der Waals surface area contributed by atoms with Crippen molar-refractivity contribution in [2.75, 3.05) is 18.2 Å². The first kappa shape index (κ1) is 16.6. The third-order valence-corrected chi connectivity index (χ3v) is 4.92. The van der Waals surface area contributed by atoms with E-state index in [-0.39, 0.29) is 5.82 Å². The van der Waals surface area contributed by atoms with Gasteiger partial charge in [0.05, 0.1) is 0 Å². The molecule has 0 fully saturated rings. The van der Waals surface area contributed by atoms with Crippen LogP contribution in [0.5, 0.6) is 0 Å². The molecule has 0 N–H and O–H groups in total. The molecule has 3 aromatic rings. The molecule has 0 saturated carbocycles. The van der Waals surface area contributed by atoms with Crippen LogP contribution < -0.4 is 4.90 Å². The highest BCUT2D eigenvalue weighted by atomic mass is 32.2. The molecule has 0 saturated heterocycles. The van der Waals surface area contributed by atoms with Gasteiger partial charge in [0.1, 0.15) is 11.3 Å². The molecule has 1 heterocycles. The van der Waals surface area contributed by atoms with Crippen molar-refractivity contribution in [1.82, 2.24) is 4.98 Å². The van der Waals surface area contributed by atoms with Gasteiger partial charge >= 0.3 is 0 Å². The third-order valence-electron chi connectivity index (χ3n) is 3.98. The number of aromatic nitrogens is 1. The second kappa shape index (κ2) is 6.69. The molecule has 0 bridgehead atoms. The molecule has 1 atom stereocenters. The largest absolute Gasteiger partial charge is 0.370 e. The average molecular weight is 342 g/mol. The molecule has 24 heavy (non-hydrogen) atoms. The van der Waals surface area contributed by atoms with E-state index in [9.17, 15) is 8.60 Å². The smallest absolute Gasteiger partial charge is 0.149 e. The number of benzene rings is 2. The maximum atomic E-state index is 14.0. The maximum absolute atomic E-state index is 14.0. The van der Waals surface area contributed by atoms with Gasteiger partial charge in [-0.25, -0.2) is 9.37 Å². The second-order valence-electron chi connectivity index (χ2n) is 5.87. The monoisotopic (exact) mass is 342 g/mol. The summed E-state index contributed by atoms with van der Waals surface area (Å²) in [5, 5.41) is 0.800. The van der Waals surface area contributed by atoms with Crippen molar-refractivity contribution in [3.63, 3.8) is 0 Å². The summed E-state index contributed by atoms with van der Waals surface area (Å²) in [6.07, 6.45) is 1.67. The van der Waals surface area contributed by atoms with Crippen molar-refractivity contribution in [2.45, 2.75) is 18.4 Å². The number of hydrogen-bond acceptors (Lipinski definition) is 3. The molecule has 0 aliphatic carbocycles. The Hall–Kier alpha value is -2.27. The Morgan fingerprint density at radius 2 is 1.88 bits per heavy atom. The number of fused-ring (bicyclic) bond motifs is 1. The van der Waals surface area contributed by atoms with Crippen LogP contribution in [0.1, 0.15) is 11.3 Å². The van der Waals surface area contributed by atoms with Gasteiger partial charge in [-0.05, 0) is 36.8 Å². The number of anilines is 1. The lowest BCUT2D eigenvalue weighted by Crippen LogP contribution is -2.17. The van der Waals surface area contributed by atoms with Crippen molar-refractivity contribution < 1.29 is 8.60 Å². The minimum absolute atomic E-state index is 0.305. The Kier molecular flexibility index (Phi) is 4.62. The standard InChI is InChI=1S/C19H19FN2OS/c1-13-11-18(16-5-4-6-17(20)19(16)21-13)22(2)12-14-7-9-15(10-8-14)24(3)23/h4-11H,12H2,1-3H3. The predicted molar refractivity (Wildman–Crippen MR) is 97.3 cm³/mol. The van der Waals surface area contributed by atoms with Gasteiger partial charge in [0.25, 0.3) is 0 Å². The number of nitrogens with zero attached hydrogens (tertiary/aromatic N) is 2. The van der Waals surface area contributed by atoms with Gasteiger partial charge in [-0.3, -0.25) is 4.21 Å². The zero-order chi connectivity index (χ0) is 17.3. The highest BCUT2D eigenvalue weighted by molar-refractivity contribution is 7.84. The number of pyridine rings is 1. The van der Waals surface area contributed by atoms with E-state index in [1.165, 1.54) is 6.07 Å². The summed E-state index contributed by atoms with van der Waals surface area (Å²) in [7, 11) is 1.00. The Morgan fingerprint density at radius 3 is 2.54 bits per heavy atom. The summed E-state index contributed by atoms with van der Waals surface area (Å²) >= 11 is 0. The first-order valence-corrected chi connectivity index (χ1v) is 9.21. The quantitative estimate of drug-likeness (QED) is 0.717. The summed E-state index contributed by atoms with van der Waals surface area (Å²) in [6.45, 7) is 2.54. The van der Waals surface area contributed by atoms with Gasteiger partial charge in [-0.1, -0.05) is 24.3 Å². The van der Waals surface area contributed by atoms with Crippen molar-refractivity contribution in [3.8, 4) is 0 Å². The molecule has 0 aliphatic heterocycles. The van der Waals surface area contributed by atoms with Gasteiger partial charge < -0.3 is 4.90 Å². The lowest BCUT2D eigenvalue weighted by molar-refractivity contribution is 0.636. The van der Waals surface area contributed by atoms with Gasteiger partial charge in [-0.15, -0.1) is 0 Å². The number of rotatable bonds is 4. The zero-order valence-corrected chi connectivity index (χ0v) is 14.7. The van der Waals surface area contributed by atoms with Gasteiger partial charge in [0.2, 0.25) is 0 Å². The lowest BCUT2D eigenvalue weighted by Gasteiger charge is -2.22. The Balaban J connectivity index is 1.95. The summed E-state index contributed by atoms with van der Waals surface area (Å²) in [5.41, 5.74) is 3.23. The molecular weight excluding hydrogens is 323 g/mol. The summed E-state index contributed by atoms with van der Waals surface area (Å²) in [6, 6.07) is 14.7. The first-order valence-electron chi connectivity index (χ1n) is 7.65. The molecule has 0 amide bonds. The van der Waals surface area contributed by atoms with Gasteiger partial charge in [-0.2, -0.15) is 0 Å². The van der Waals surface area contributed by atoms with Crippen molar-refractivity contribution >= 4 is 27.4 Å². The van der Waals surface area contributed by atoms with E-state index in [0.717, 1.165) is 27.2 Å². The van der Waals surface area contributed by atoms with Crippen LogP contribution in [-0.2, 0) is 17.3 Å². The number of para-hydroxylation sites is 1. The molecule has 0 aliphatic rings. The Labute approximate surface area is 143 Å². The zero-order valence-electron chi connectivity index (χ0n) is 13.9. The first-order chi connectivity index (χ1) is 11.5. The number of halogens is 1. The van der Waals surface area contributed by atoms with Gasteiger partial charge in [0.15, 0.2) is 0 Å². The second-order valence-corrected chi connectivity index (χ2v) is 7.25. The minimum Gasteiger partial charge on any atom is -0.370 e. The van der Waals surface area contributed by atoms with Crippen LogP contribution in [0.15, 0.2) is 53.4 Å². The average Bonchev–Trinajstić information content (AvgIpc) is 2.55. The lowest BCUT2D eigenvalue weighted by atomic mass is 10.1. The van der Waals surface area contributed by atoms with Crippen molar-refractivity contribution in [2.24, 2.45) is 0 Å². The van der Waals surface area contributed by atoms with Crippen molar-refractivity contribution in [3.05, 3.63) is 65.6 Å². The highest BCUT2D eigenvalue weighted by Crippen LogP contribution is 2.28. The van der Waals surface area contributed by atoms with E-state index in [4.69, 9.17) is 0 Å². The van der Waals surface area contributed by atoms with E-state index in [1.807, 2.05) is 50.4 Å². The third kappa shape index (κ3) is 3.31. The molecule has 0 spiro atoms. The summed E-state index contributed by atoms with van der Waals surface area (Å²) in [5.74, 6) is -0.305. The van der Waals surface area contributed by atoms with Gasteiger partial charge in [0, 0.05) is 52.3 Å². The van der Waals surface area contributed by atoms with Crippen LogP contribution in [0.3, 0.4) is 0 Å². The Bertz CT molecular complexity index is 909. The van der Waals surface area contributed by atoms with E-state index in [2.05, 4.69) is 9.88 Å².